The van der Waals surface area contributed by atoms with Crippen LogP contribution in [0.25, 0.3) is 0 Å². The fourth-order valence-corrected chi connectivity index (χ4v) is 3.34. The first-order chi connectivity index (χ1) is 9.19. The van der Waals surface area contributed by atoms with Gasteiger partial charge in [-0.05, 0) is 48.9 Å². The van der Waals surface area contributed by atoms with E-state index < -0.39 is 0 Å². The molecule has 0 bridgehead atoms. The third-order valence-electron chi connectivity index (χ3n) is 4.46. The van der Waals surface area contributed by atoms with Crippen LogP contribution >= 0.6 is 0 Å². The van der Waals surface area contributed by atoms with Crippen molar-refractivity contribution in [1.82, 2.24) is 4.90 Å². The number of hydrogen-bond donors (Lipinski definition) is 1. The zero-order valence-corrected chi connectivity index (χ0v) is 10.7. The van der Waals surface area contributed by atoms with E-state index in [1.165, 1.54) is 0 Å². The van der Waals surface area contributed by atoms with Gasteiger partial charge in [-0.3, -0.25) is 4.79 Å². The summed E-state index contributed by atoms with van der Waals surface area (Å²) in [6, 6.07) is 9.16. The summed E-state index contributed by atoms with van der Waals surface area (Å²) in [6.45, 7) is 1.61. The Morgan fingerprint density at radius 2 is 2.00 bits per heavy atom. The molecule has 3 rings (SSSR count). The molecule has 3 atom stereocenters. The largest absolute Gasteiger partial charge is 0.338 e. The molecule has 19 heavy (non-hydrogen) atoms. The number of amides is 1. The zero-order valence-electron chi connectivity index (χ0n) is 10.7. The van der Waals surface area contributed by atoms with Crippen molar-refractivity contribution in [2.75, 3.05) is 13.1 Å². The molecule has 1 saturated heterocycles. The van der Waals surface area contributed by atoms with Gasteiger partial charge in [0, 0.05) is 24.7 Å². The molecule has 2 N–H and O–H groups in total. The maximum Gasteiger partial charge on any atom is 0.253 e. The monoisotopic (exact) mass is 255 g/mol. The van der Waals surface area contributed by atoms with Crippen molar-refractivity contribution in [3.63, 3.8) is 0 Å². The predicted molar refractivity (Wildman–Crippen MR) is 71.2 cm³/mol. The van der Waals surface area contributed by atoms with Crippen molar-refractivity contribution in [2.24, 2.45) is 17.6 Å². The van der Waals surface area contributed by atoms with Gasteiger partial charge in [0.25, 0.3) is 5.91 Å². The highest BCUT2D eigenvalue weighted by Crippen LogP contribution is 2.37. The predicted octanol–water partition coefficient (Wildman–Crippen LogP) is 1.37. The molecule has 0 spiro atoms. The summed E-state index contributed by atoms with van der Waals surface area (Å²) in [5.74, 6) is 1.12. The van der Waals surface area contributed by atoms with Crippen LogP contribution in [0.4, 0.5) is 0 Å². The molecule has 98 valence electrons. The zero-order chi connectivity index (χ0) is 13.4. The fraction of sp³-hybridized carbons (Fsp3) is 0.467. The van der Waals surface area contributed by atoms with Crippen LogP contribution in [0.1, 0.15) is 28.8 Å². The van der Waals surface area contributed by atoms with Crippen LogP contribution in [-0.4, -0.2) is 29.9 Å². The third kappa shape index (κ3) is 2.11. The molecule has 1 amide bonds. The normalized spacial score (nSPS) is 29.1. The fourth-order valence-electron chi connectivity index (χ4n) is 3.34. The molecule has 0 aromatic heterocycles. The number of carbonyl (C=O) groups excluding carboxylic acids is 1. The van der Waals surface area contributed by atoms with E-state index in [2.05, 4.69) is 6.07 Å². The lowest BCUT2D eigenvalue weighted by Crippen LogP contribution is -2.33. The van der Waals surface area contributed by atoms with Crippen molar-refractivity contribution in [3.8, 4) is 6.07 Å². The number of benzene rings is 1. The van der Waals surface area contributed by atoms with Crippen molar-refractivity contribution in [1.29, 1.82) is 5.26 Å². The van der Waals surface area contributed by atoms with Crippen molar-refractivity contribution in [3.05, 3.63) is 35.4 Å². The van der Waals surface area contributed by atoms with E-state index >= 15 is 0 Å². The SMILES string of the molecule is N#Cc1ccc(C(=O)N2C[C@@H]3CC[C@H](N)[C@@H]3C2)cc1. The van der Waals surface area contributed by atoms with Gasteiger partial charge in [-0.15, -0.1) is 0 Å². The lowest BCUT2D eigenvalue weighted by atomic mass is 9.98. The smallest absolute Gasteiger partial charge is 0.253 e. The number of fused-ring (bicyclic) bond motifs is 1. The Morgan fingerprint density at radius 3 is 2.63 bits per heavy atom. The molecule has 0 radical (unpaired) electrons. The molecule has 0 unspecified atom stereocenters. The van der Waals surface area contributed by atoms with E-state index in [0.29, 0.717) is 23.0 Å². The molecule has 1 aliphatic heterocycles. The van der Waals surface area contributed by atoms with Crippen molar-refractivity contribution < 1.29 is 4.79 Å². The third-order valence-corrected chi connectivity index (χ3v) is 4.46. The molecule has 1 heterocycles. The Balaban J connectivity index is 1.73. The number of nitrogens with two attached hydrogens (primary N) is 1. The summed E-state index contributed by atoms with van der Waals surface area (Å²) < 4.78 is 0. The lowest BCUT2D eigenvalue weighted by molar-refractivity contribution is 0.0779. The van der Waals surface area contributed by atoms with Crippen molar-refractivity contribution >= 4 is 5.91 Å². The van der Waals surface area contributed by atoms with Crippen LogP contribution in [0, 0.1) is 23.2 Å². The number of nitriles is 1. The van der Waals surface area contributed by atoms with Crippen molar-refractivity contribution in [2.45, 2.75) is 18.9 Å². The van der Waals surface area contributed by atoms with E-state index in [1.807, 2.05) is 4.90 Å². The molecule has 4 nitrogen and oxygen atoms in total. The van der Waals surface area contributed by atoms with E-state index in [1.54, 1.807) is 24.3 Å². The van der Waals surface area contributed by atoms with Gasteiger partial charge in [-0.25, -0.2) is 0 Å². The number of rotatable bonds is 1. The molecule has 2 aliphatic rings. The van der Waals surface area contributed by atoms with Gasteiger partial charge >= 0.3 is 0 Å². The van der Waals surface area contributed by atoms with Gasteiger partial charge in [0.1, 0.15) is 0 Å². The Kier molecular flexibility index (Phi) is 3.00. The number of carbonyl (C=O) groups is 1. The quantitative estimate of drug-likeness (QED) is 0.824. The van der Waals surface area contributed by atoms with Gasteiger partial charge in [0.15, 0.2) is 0 Å². The Morgan fingerprint density at radius 1 is 1.26 bits per heavy atom. The van der Waals surface area contributed by atoms with E-state index in [9.17, 15) is 4.79 Å². The minimum atomic E-state index is 0.0612. The van der Waals surface area contributed by atoms with Crippen LogP contribution in [0.5, 0.6) is 0 Å². The first-order valence-corrected chi connectivity index (χ1v) is 6.74. The van der Waals surface area contributed by atoms with E-state index in [-0.39, 0.29) is 11.9 Å². The summed E-state index contributed by atoms with van der Waals surface area (Å²) in [7, 11) is 0. The van der Waals surface area contributed by atoms with Gasteiger partial charge in [0.05, 0.1) is 11.6 Å². The Labute approximate surface area is 112 Å². The van der Waals surface area contributed by atoms with Crippen LogP contribution < -0.4 is 5.73 Å². The summed E-state index contributed by atoms with van der Waals surface area (Å²) in [5, 5.41) is 8.76. The number of hydrogen-bond acceptors (Lipinski definition) is 3. The van der Waals surface area contributed by atoms with Gasteiger partial charge in [0.2, 0.25) is 0 Å². The minimum absolute atomic E-state index is 0.0612. The second-order valence-electron chi connectivity index (χ2n) is 5.56. The standard InChI is InChI=1S/C15H17N3O/c16-7-10-1-3-11(4-2-10)15(19)18-8-12-5-6-14(17)13(12)9-18/h1-4,12-14H,5-6,8-9,17H2/t12-,13+,14-/m0/s1. The maximum atomic E-state index is 12.4. The molecule has 1 aromatic carbocycles. The minimum Gasteiger partial charge on any atom is -0.338 e. The molecule has 1 aromatic rings. The van der Waals surface area contributed by atoms with E-state index in [4.69, 9.17) is 11.0 Å². The lowest BCUT2D eigenvalue weighted by Gasteiger charge is -2.18. The van der Waals surface area contributed by atoms with Gasteiger partial charge in [-0.1, -0.05) is 0 Å². The van der Waals surface area contributed by atoms with Gasteiger partial charge in [-0.2, -0.15) is 5.26 Å². The number of nitrogens with zero attached hydrogens (tertiary/aromatic N) is 2. The highest BCUT2D eigenvalue weighted by Gasteiger charge is 2.42. The summed E-state index contributed by atoms with van der Waals surface area (Å²) in [4.78, 5) is 14.3. The summed E-state index contributed by atoms with van der Waals surface area (Å²) in [5.41, 5.74) is 7.33. The molecule has 1 saturated carbocycles. The average molecular weight is 255 g/mol. The summed E-state index contributed by atoms with van der Waals surface area (Å²) >= 11 is 0. The maximum absolute atomic E-state index is 12.4. The molecular formula is C15H17N3O. The van der Waals surface area contributed by atoms with Gasteiger partial charge < -0.3 is 10.6 Å². The topological polar surface area (TPSA) is 70.1 Å². The van der Waals surface area contributed by atoms with Crippen LogP contribution in [0.15, 0.2) is 24.3 Å². The Hall–Kier alpha value is -1.86. The first-order valence-electron chi connectivity index (χ1n) is 6.74. The highest BCUT2D eigenvalue weighted by atomic mass is 16.2. The van der Waals surface area contributed by atoms with Crippen LogP contribution in [0.2, 0.25) is 0 Å². The second kappa shape index (κ2) is 4.67. The first kappa shape index (κ1) is 12.2. The highest BCUT2D eigenvalue weighted by molar-refractivity contribution is 5.94. The molecule has 2 fully saturated rings. The average Bonchev–Trinajstić information content (AvgIpc) is 3.01. The molecular weight excluding hydrogens is 238 g/mol. The Bertz CT molecular complexity index is 531. The second-order valence-corrected chi connectivity index (χ2v) is 5.56. The number of likely N-dealkylation sites (tertiary alicyclic amines) is 1. The van der Waals surface area contributed by atoms with Crippen LogP contribution in [-0.2, 0) is 0 Å². The molecule has 1 aliphatic carbocycles. The van der Waals surface area contributed by atoms with E-state index in [0.717, 1.165) is 25.9 Å². The molecule has 4 heteroatoms. The summed E-state index contributed by atoms with van der Waals surface area (Å²) in [6.07, 6.45) is 2.23. The van der Waals surface area contributed by atoms with Crippen LogP contribution in [0.3, 0.4) is 0 Å².